The lowest BCUT2D eigenvalue weighted by Crippen LogP contribution is -2.30. The van der Waals surface area contributed by atoms with E-state index < -0.39 is 0 Å². The molecule has 2 aliphatic rings. The Morgan fingerprint density at radius 1 is 0.966 bits per heavy atom. The van der Waals surface area contributed by atoms with Crippen molar-refractivity contribution < 1.29 is 14.4 Å². The molecule has 2 fully saturated rings. The van der Waals surface area contributed by atoms with Crippen LogP contribution in [0.4, 0.5) is 11.4 Å². The second kappa shape index (κ2) is 7.47. The Hall–Kier alpha value is -2.95. The highest BCUT2D eigenvalue weighted by Gasteiger charge is 2.49. The van der Waals surface area contributed by atoms with Crippen molar-refractivity contribution in [3.8, 4) is 0 Å². The Balaban J connectivity index is 1.52. The minimum atomic E-state index is -0.216. The van der Waals surface area contributed by atoms with Crippen LogP contribution >= 0.6 is 0 Å². The lowest BCUT2D eigenvalue weighted by atomic mass is 9.76. The molecule has 3 atom stereocenters. The molecule has 1 saturated heterocycles. The molecule has 1 aliphatic carbocycles. The van der Waals surface area contributed by atoms with Crippen molar-refractivity contribution in [2.45, 2.75) is 40.0 Å². The number of aryl methyl sites for hydroxylation is 1. The zero-order valence-electron chi connectivity index (χ0n) is 17.1. The molecule has 1 heterocycles. The molecular formula is C24H26N2O3. The number of nitrogens with zero attached hydrogens (tertiary/aromatic N) is 1. The lowest BCUT2D eigenvalue weighted by Gasteiger charge is -2.25. The van der Waals surface area contributed by atoms with Crippen molar-refractivity contribution in [2.75, 3.05) is 10.2 Å². The van der Waals surface area contributed by atoms with Crippen LogP contribution in [0.5, 0.6) is 0 Å². The molecule has 0 aromatic heterocycles. The number of carbonyl (C=O) groups excluding carboxylic acids is 3. The maximum Gasteiger partial charge on any atom is 0.255 e. The number of amides is 3. The summed E-state index contributed by atoms with van der Waals surface area (Å²) in [6, 6.07) is 12.5. The van der Waals surface area contributed by atoms with Gasteiger partial charge in [-0.3, -0.25) is 19.3 Å². The van der Waals surface area contributed by atoms with Gasteiger partial charge in [-0.25, -0.2) is 0 Å². The van der Waals surface area contributed by atoms with Crippen LogP contribution in [0.3, 0.4) is 0 Å². The van der Waals surface area contributed by atoms with E-state index in [4.69, 9.17) is 0 Å². The number of carbonyl (C=O) groups is 3. The van der Waals surface area contributed by atoms with E-state index in [1.807, 2.05) is 32.0 Å². The summed E-state index contributed by atoms with van der Waals surface area (Å²) in [5.74, 6) is -0.320. The topological polar surface area (TPSA) is 66.5 Å². The highest BCUT2D eigenvalue weighted by Crippen LogP contribution is 2.42. The van der Waals surface area contributed by atoms with E-state index >= 15 is 0 Å². The number of benzene rings is 2. The first kappa shape index (κ1) is 19.4. The number of rotatable bonds is 3. The molecule has 1 N–H and O–H groups in total. The van der Waals surface area contributed by atoms with E-state index in [9.17, 15) is 14.4 Å². The molecule has 0 spiro atoms. The molecular weight excluding hydrogens is 364 g/mol. The van der Waals surface area contributed by atoms with Crippen LogP contribution in [-0.2, 0) is 9.59 Å². The van der Waals surface area contributed by atoms with Crippen LogP contribution in [-0.4, -0.2) is 17.7 Å². The number of imide groups is 1. The van der Waals surface area contributed by atoms with Crippen molar-refractivity contribution in [1.82, 2.24) is 0 Å². The summed E-state index contributed by atoms with van der Waals surface area (Å²) in [5, 5.41) is 2.93. The summed E-state index contributed by atoms with van der Waals surface area (Å²) in [4.78, 5) is 39.6. The van der Waals surface area contributed by atoms with Crippen LogP contribution in [0.2, 0.25) is 0 Å². The average molecular weight is 390 g/mol. The minimum absolute atomic E-state index is 0.0977. The number of nitrogens with one attached hydrogen (secondary N) is 1. The van der Waals surface area contributed by atoms with Gasteiger partial charge in [-0.05, 0) is 80.5 Å². The van der Waals surface area contributed by atoms with Crippen LogP contribution in [0, 0.1) is 31.6 Å². The summed E-state index contributed by atoms with van der Waals surface area (Å²) in [7, 11) is 0. The quantitative estimate of drug-likeness (QED) is 0.786. The molecule has 0 radical (unpaired) electrons. The maximum absolute atomic E-state index is 12.9. The minimum Gasteiger partial charge on any atom is -0.322 e. The summed E-state index contributed by atoms with van der Waals surface area (Å²) < 4.78 is 0. The average Bonchev–Trinajstić information content (AvgIpc) is 2.95. The van der Waals surface area contributed by atoms with E-state index in [1.54, 1.807) is 24.3 Å². The Kier molecular flexibility index (Phi) is 4.99. The van der Waals surface area contributed by atoms with Crippen molar-refractivity contribution in [1.29, 1.82) is 0 Å². The fourth-order valence-electron chi connectivity index (χ4n) is 4.49. The number of hydrogen-bond donors (Lipinski definition) is 1. The summed E-state index contributed by atoms with van der Waals surface area (Å²) in [5.41, 5.74) is 3.95. The molecule has 5 nitrogen and oxygen atoms in total. The van der Waals surface area contributed by atoms with Gasteiger partial charge in [0.05, 0.1) is 17.5 Å². The van der Waals surface area contributed by atoms with Gasteiger partial charge in [0.15, 0.2) is 0 Å². The third kappa shape index (κ3) is 3.46. The Morgan fingerprint density at radius 3 is 2.38 bits per heavy atom. The van der Waals surface area contributed by atoms with Crippen molar-refractivity contribution in [3.63, 3.8) is 0 Å². The van der Waals surface area contributed by atoms with Crippen molar-refractivity contribution in [2.24, 2.45) is 17.8 Å². The predicted octanol–water partition coefficient (Wildman–Crippen LogP) is 4.48. The standard InChI is InChI=1S/C24H26N2O3/c1-14-7-12-19-20(13-14)24(29)26(23(19)28)18-10-8-17(9-11-18)22(27)25-21-6-4-5-15(2)16(21)3/h4-6,8-11,14,19-20H,7,12-13H2,1-3H3,(H,25,27)/t14-,19+,20-/m0/s1. The summed E-state index contributed by atoms with van der Waals surface area (Å²) >= 11 is 0. The second-order valence-electron chi connectivity index (χ2n) is 8.39. The number of hydrogen-bond acceptors (Lipinski definition) is 3. The SMILES string of the molecule is Cc1cccc(NC(=O)c2ccc(N3C(=O)[C@H]4C[C@@H](C)CC[C@H]4C3=O)cc2)c1C. The van der Waals surface area contributed by atoms with E-state index in [0.29, 0.717) is 17.2 Å². The lowest BCUT2D eigenvalue weighted by molar-refractivity contribution is -0.122. The third-order valence-corrected chi connectivity index (χ3v) is 6.43. The molecule has 2 aromatic rings. The fraction of sp³-hybridized carbons (Fsp3) is 0.375. The van der Waals surface area contributed by atoms with Crippen LogP contribution < -0.4 is 10.2 Å². The van der Waals surface area contributed by atoms with Crippen LogP contribution in [0.15, 0.2) is 42.5 Å². The molecule has 5 heteroatoms. The molecule has 150 valence electrons. The van der Waals surface area contributed by atoms with Gasteiger partial charge in [-0.1, -0.05) is 19.1 Å². The van der Waals surface area contributed by atoms with Gasteiger partial charge in [-0.2, -0.15) is 0 Å². The molecule has 0 bridgehead atoms. The van der Waals surface area contributed by atoms with Crippen LogP contribution in [0.1, 0.15) is 47.7 Å². The van der Waals surface area contributed by atoms with Gasteiger partial charge in [-0.15, -0.1) is 0 Å². The molecule has 0 unspecified atom stereocenters. The van der Waals surface area contributed by atoms with Gasteiger partial charge in [0.1, 0.15) is 0 Å². The molecule has 2 aromatic carbocycles. The Labute approximate surface area is 171 Å². The van der Waals surface area contributed by atoms with Gasteiger partial charge < -0.3 is 5.32 Å². The van der Waals surface area contributed by atoms with E-state index in [1.165, 1.54) is 4.90 Å². The molecule has 1 saturated carbocycles. The number of fused-ring (bicyclic) bond motifs is 1. The molecule has 29 heavy (non-hydrogen) atoms. The Morgan fingerprint density at radius 2 is 1.66 bits per heavy atom. The molecule has 4 rings (SSSR count). The largest absolute Gasteiger partial charge is 0.322 e. The van der Waals surface area contributed by atoms with Gasteiger partial charge in [0.25, 0.3) is 5.91 Å². The summed E-state index contributed by atoms with van der Waals surface area (Å²) in [6.07, 6.45) is 2.55. The maximum atomic E-state index is 12.9. The van der Waals surface area contributed by atoms with Gasteiger partial charge in [0.2, 0.25) is 11.8 Å². The Bertz CT molecular complexity index is 980. The highest BCUT2D eigenvalue weighted by atomic mass is 16.2. The van der Waals surface area contributed by atoms with Crippen molar-refractivity contribution in [3.05, 3.63) is 59.2 Å². The first-order valence-corrected chi connectivity index (χ1v) is 10.2. The normalized spacial score (nSPS) is 23.8. The third-order valence-electron chi connectivity index (χ3n) is 6.43. The monoisotopic (exact) mass is 390 g/mol. The van der Waals surface area contributed by atoms with Gasteiger partial charge in [0, 0.05) is 11.3 Å². The number of anilines is 2. The van der Waals surface area contributed by atoms with Gasteiger partial charge >= 0.3 is 0 Å². The molecule has 3 amide bonds. The highest BCUT2D eigenvalue weighted by molar-refractivity contribution is 6.22. The molecule has 1 aliphatic heterocycles. The first-order valence-electron chi connectivity index (χ1n) is 10.2. The fourth-order valence-corrected chi connectivity index (χ4v) is 4.49. The van der Waals surface area contributed by atoms with Crippen molar-refractivity contribution >= 4 is 29.1 Å². The smallest absolute Gasteiger partial charge is 0.255 e. The first-order chi connectivity index (χ1) is 13.9. The van der Waals surface area contributed by atoms with Crippen LogP contribution in [0.25, 0.3) is 0 Å². The summed E-state index contributed by atoms with van der Waals surface area (Å²) in [6.45, 7) is 6.11. The van der Waals surface area contributed by atoms with E-state index in [2.05, 4.69) is 12.2 Å². The predicted molar refractivity (Wildman–Crippen MR) is 113 cm³/mol. The zero-order chi connectivity index (χ0) is 20.7. The van der Waals surface area contributed by atoms with E-state index in [-0.39, 0.29) is 29.6 Å². The van der Waals surface area contributed by atoms with E-state index in [0.717, 1.165) is 36.1 Å². The zero-order valence-corrected chi connectivity index (χ0v) is 17.1. The second-order valence-corrected chi connectivity index (χ2v) is 8.39.